The topological polar surface area (TPSA) is 27.0 Å². The van der Waals surface area contributed by atoms with Crippen LogP contribution in [0.25, 0.3) is 0 Å². The molecule has 0 saturated carbocycles. The van der Waals surface area contributed by atoms with Crippen LogP contribution in [0.15, 0.2) is 24.3 Å². The van der Waals surface area contributed by atoms with Gasteiger partial charge in [-0.1, -0.05) is 19.4 Å². The zero-order chi connectivity index (χ0) is 11.4. The molecule has 0 aliphatic carbocycles. The van der Waals surface area contributed by atoms with Crippen LogP contribution < -0.4 is 4.90 Å². The molecule has 0 bridgehead atoms. The van der Waals surface area contributed by atoms with Gasteiger partial charge in [0.15, 0.2) is 0 Å². The Morgan fingerprint density at radius 2 is 2.38 bits per heavy atom. The van der Waals surface area contributed by atoms with Crippen molar-refractivity contribution in [1.82, 2.24) is 0 Å². The van der Waals surface area contributed by atoms with Crippen LogP contribution in [0.2, 0.25) is 0 Å². The van der Waals surface area contributed by atoms with Crippen molar-refractivity contribution in [1.29, 1.82) is 5.26 Å². The van der Waals surface area contributed by atoms with Gasteiger partial charge in [-0.2, -0.15) is 5.26 Å². The molecule has 2 rings (SSSR count). The summed E-state index contributed by atoms with van der Waals surface area (Å²) in [5.74, 6) is 0.843. The fraction of sp³-hybridized carbons (Fsp3) is 0.500. The first-order valence-electron chi connectivity index (χ1n) is 6.08. The average molecular weight is 214 g/mol. The third-order valence-corrected chi connectivity index (χ3v) is 3.32. The second-order valence-electron chi connectivity index (χ2n) is 4.55. The van der Waals surface area contributed by atoms with E-state index in [0.29, 0.717) is 0 Å². The molecule has 1 heterocycles. The van der Waals surface area contributed by atoms with E-state index in [9.17, 15) is 0 Å². The van der Waals surface area contributed by atoms with Crippen molar-refractivity contribution in [3.05, 3.63) is 29.8 Å². The highest BCUT2D eigenvalue weighted by atomic mass is 15.1. The van der Waals surface area contributed by atoms with Gasteiger partial charge in [-0.15, -0.1) is 0 Å². The minimum absolute atomic E-state index is 0.761. The van der Waals surface area contributed by atoms with Crippen molar-refractivity contribution >= 4 is 5.69 Å². The van der Waals surface area contributed by atoms with Crippen molar-refractivity contribution in [3.63, 3.8) is 0 Å². The largest absolute Gasteiger partial charge is 0.371 e. The van der Waals surface area contributed by atoms with Gasteiger partial charge < -0.3 is 4.90 Å². The van der Waals surface area contributed by atoms with Crippen LogP contribution in [0.3, 0.4) is 0 Å². The van der Waals surface area contributed by atoms with Gasteiger partial charge in [-0.25, -0.2) is 0 Å². The van der Waals surface area contributed by atoms with E-state index in [2.05, 4.69) is 24.0 Å². The van der Waals surface area contributed by atoms with Crippen LogP contribution in [0.5, 0.6) is 0 Å². The summed E-state index contributed by atoms with van der Waals surface area (Å²) in [6, 6.07) is 10.1. The molecule has 1 saturated heterocycles. The predicted octanol–water partition coefficient (Wildman–Crippen LogP) is 3.18. The molecular formula is C14H18N2. The highest BCUT2D eigenvalue weighted by molar-refractivity contribution is 5.52. The van der Waals surface area contributed by atoms with Crippen LogP contribution in [0.4, 0.5) is 5.69 Å². The van der Waals surface area contributed by atoms with E-state index in [1.807, 2.05) is 18.2 Å². The molecule has 0 N–H and O–H groups in total. The molecule has 0 aromatic heterocycles. The number of hydrogen-bond donors (Lipinski definition) is 0. The average Bonchev–Trinajstić information content (AvgIpc) is 2.78. The molecule has 1 aliphatic rings. The molecule has 0 spiro atoms. The smallest absolute Gasteiger partial charge is 0.0992 e. The van der Waals surface area contributed by atoms with Crippen LogP contribution >= 0.6 is 0 Å². The molecular weight excluding hydrogens is 196 g/mol. The Labute approximate surface area is 97.5 Å². The molecule has 2 nitrogen and oxygen atoms in total. The lowest BCUT2D eigenvalue weighted by atomic mass is 10.0. The Morgan fingerprint density at radius 3 is 3.12 bits per heavy atom. The van der Waals surface area contributed by atoms with Gasteiger partial charge in [0.2, 0.25) is 0 Å². The molecule has 1 aromatic carbocycles. The van der Waals surface area contributed by atoms with Gasteiger partial charge in [0.1, 0.15) is 0 Å². The van der Waals surface area contributed by atoms with Gasteiger partial charge in [0.05, 0.1) is 11.6 Å². The highest BCUT2D eigenvalue weighted by Gasteiger charge is 2.21. The zero-order valence-corrected chi connectivity index (χ0v) is 9.82. The molecule has 2 heteroatoms. The summed E-state index contributed by atoms with van der Waals surface area (Å²) >= 11 is 0. The molecule has 1 aromatic rings. The normalized spacial score (nSPS) is 19.8. The first kappa shape index (κ1) is 11.0. The Morgan fingerprint density at radius 1 is 1.50 bits per heavy atom. The van der Waals surface area contributed by atoms with Crippen LogP contribution in [-0.4, -0.2) is 13.1 Å². The Bertz CT molecular complexity index is 392. The van der Waals surface area contributed by atoms with E-state index in [4.69, 9.17) is 5.26 Å². The molecule has 84 valence electrons. The third-order valence-electron chi connectivity index (χ3n) is 3.32. The van der Waals surface area contributed by atoms with E-state index in [1.54, 1.807) is 0 Å². The number of anilines is 1. The van der Waals surface area contributed by atoms with Crippen LogP contribution in [0, 0.1) is 17.2 Å². The maximum Gasteiger partial charge on any atom is 0.0992 e. The van der Waals surface area contributed by atoms with Crippen molar-refractivity contribution in [2.24, 2.45) is 5.92 Å². The lowest BCUT2D eigenvalue weighted by Crippen LogP contribution is -2.19. The monoisotopic (exact) mass is 214 g/mol. The zero-order valence-electron chi connectivity index (χ0n) is 9.82. The fourth-order valence-corrected chi connectivity index (χ4v) is 2.48. The molecule has 1 fully saturated rings. The summed E-state index contributed by atoms with van der Waals surface area (Å²) in [7, 11) is 0. The van der Waals surface area contributed by atoms with Crippen LogP contribution in [-0.2, 0) is 0 Å². The van der Waals surface area contributed by atoms with Gasteiger partial charge in [0, 0.05) is 18.8 Å². The fourth-order valence-electron chi connectivity index (χ4n) is 2.48. The standard InChI is InChI=1S/C14H18N2/c1-2-4-12-7-8-16(11-12)14-6-3-5-13(9-14)10-15/h3,5-6,9,12H,2,4,7-8,11H2,1H3. The van der Waals surface area contributed by atoms with Crippen molar-refractivity contribution in [2.75, 3.05) is 18.0 Å². The maximum atomic E-state index is 8.87. The predicted molar refractivity (Wildman–Crippen MR) is 66.4 cm³/mol. The molecule has 1 unspecified atom stereocenters. The molecule has 1 atom stereocenters. The molecule has 0 radical (unpaired) electrons. The number of rotatable bonds is 3. The lowest BCUT2D eigenvalue weighted by Gasteiger charge is -2.18. The summed E-state index contributed by atoms with van der Waals surface area (Å²) in [6.07, 6.45) is 3.90. The van der Waals surface area contributed by atoms with E-state index in [-0.39, 0.29) is 0 Å². The molecule has 16 heavy (non-hydrogen) atoms. The summed E-state index contributed by atoms with van der Waals surface area (Å²) in [4.78, 5) is 2.40. The second-order valence-corrected chi connectivity index (χ2v) is 4.55. The summed E-state index contributed by atoms with van der Waals surface area (Å²) in [5.41, 5.74) is 1.97. The number of nitriles is 1. The van der Waals surface area contributed by atoms with Crippen molar-refractivity contribution in [3.8, 4) is 6.07 Å². The first-order valence-corrected chi connectivity index (χ1v) is 6.08. The van der Waals surface area contributed by atoms with E-state index in [1.165, 1.54) is 24.9 Å². The Hall–Kier alpha value is -1.49. The molecule has 1 aliphatic heterocycles. The second kappa shape index (κ2) is 5.03. The SMILES string of the molecule is CCCC1CCN(c2cccc(C#N)c2)C1. The molecule has 0 amide bonds. The van der Waals surface area contributed by atoms with Gasteiger partial charge in [-0.05, 0) is 37.0 Å². The van der Waals surface area contributed by atoms with Crippen LogP contribution in [0.1, 0.15) is 31.7 Å². The van der Waals surface area contributed by atoms with E-state index < -0.39 is 0 Å². The van der Waals surface area contributed by atoms with Crippen molar-refractivity contribution < 1.29 is 0 Å². The first-order chi connectivity index (χ1) is 7.83. The highest BCUT2D eigenvalue weighted by Crippen LogP contribution is 2.26. The third kappa shape index (κ3) is 2.36. The number of hydrogen-bond acceptors (Lipinski definition) is 2. The van der Waals surface area contributed by atoms with Gasteiger partial charge >= 0.3 is 0 Å². The van der Waals surface area contributed by atoms with Gasteiger partial charge in [0.25, 0.3) is 0 Å². The summed E-state index contributed by atoms with van der Waals surface area (Å²) < 4.78 is 0. The van der Waals surface area contributed by atoms with E-state index in [0.717, 1.165) is 24.6 Å². The van der Waals surface area contributed by atoms with Gasteiger partial charge in [-0.3, -0.25) is 0 Å². The number of benzene rings is 1. The maximum absolute atomic E-state index is 8.87. The minimum atomic E-state index is 0.761. The lowest BCUT2D eigenvalue weighted by molar-refractivity contribution is 0.530. The van der Waals surface area contributed by atoms with Crippen molar-refractivity contribution in [2.45, 2.75) is 26.2 Å². The van der Waals surface area contributed by atoms with E-state index >= 15 is 0 Å². The quantitative estimate of drug-likeness (QED) is 0.772. The summed E-state index contributed by atoms with van der Waals surface area (Å²) in [6.45, 7) is 4.54. The number of nitrogens with zero attached hydrogens (tertiary/aromatic N) is 2. The Balaban J connectivity index is 2.06. The Kier molecular flexibility index (Phi) is 3.46. The summed E-state index contributed by atoms with van der Waals surface area (Å²) in [5, 5.41) is 8.87. The minimum Gasteiger partial charge on any atom is -0.371 e.